The van der Waals surface area contributed by atoms with Gasteiger partial charge in [0.05, 0.1) is 18.3 Å². The first-order valence-corrected chi connectivity index (χ1v) is 10.8. The number of hydrogen-bond acceptors (Lipinski definition) is 6. The average Bonchev–Trinajstić information content (AvgIpc) is 2.87. The molecule has 35 heavy (non-hydrogen) atoms. The van der Waals surface area contributed by atoms with Gasteiger partial charge in [-0.15, -0.1) is 0 Å². The number of amides is 3. The van der Waals surface area contributed by atoms with E-state index < -0.39 is 11.8 Å². The summed E-state index contributed by atoms with van der Waals surface area (Å²) < 4.78 is 10.5. The minimum Gasteiger partial charge on any atom is -0.497 e. The molecule has 0 saturated heterocycles. The summed E-state index contributed by atoms with van der Waals surface area (Å²) in [6.45, 7) is -0.0376. The predicted octanol–water partition coefficient (Wildman–Crippen LogP) is 3.13. The fourth-order valence-electron chi connectivity index (χ4n) is 2.80. The van der Waals surface area contributed by atoms with Crippen LogP contribution in [0.15, 0.2) is 77.9 Å². The lowest BCUT2D eigenvalue weighted by molar-refractivity contribution is -0.139. The summed E-state index contributed by atoms with van der Waals surface area (Å²) in [6, 6.07) is 20.8. The standard InChI is InChI=1S/C25H23ClN4O5/c1-34-20-10-7-17(8-11-20)14-27-24(32)25(33)30-28-15-18-9-12-22(21(26)13-18)35-16-23(31)29-19-5-3-2-4-6-19/h2-13,15H,14,16H2,1H3,(H,27,32)(H,29,31)(H,30,33)/b28-15-. The third kappa shape index (κ3) is 8.17. The minimum absolute atomic E-state index is 0.181. The maximum Gasteiger partial charge on any atom is 0.329 e. The molecule has 0 heterocycles. The highest BCUT2D eigenvalue weighted by Crippen LogP contribution is 2.25. The Balaban J connectivity index is 1.43. The maximum absolute atomic E-state index is 12.0. The Bertz CT molecular complexity index is 1200. The Morgan fingerprint density at radius 1 is 0.971 bits per heavy atom. The van der Waals surface area contributed by atoms with Crippen molar-refractivity contribution in [3.63, 3.8) is 0 Å². The fourth-order valence-corrected chi connectivity index (χ4v) is 3.04. The third-order valence-electron chi connectivity index (χ3n) is 4.57. The van der Waals surface area contributed by atoms with E-state index >= 15 is 0 Å². The summed E-state index contributed by atoms with van der Waals surface area (Å²) in [5.41, 5.74) is 4.18. The number of carbonyl (C=O) groups is 3. The van der Waals surface area contributed by atoms with Crippen molar-refractivity contribution >= 4 is 41.2 Å². The first-order chi connectivity index (χ1) is 16.9. The molecule has 9 nitrogen and oxygen atoms in total. The predicted molar refractivity (Wildman–Crippen MR) is 133 cm³/mol. The zero-order valence-electron chi connectivity index (χ0n) is 18.8. The molecule has 0 aliphatic rings. The first-order valence-electron chi connectivity index (χ1n) is 10.5. The molecule has 0 bridgehead atoms. The average molecular weight is 495 g/mol. The van der Waals surface area contributed by atoms with Crippen molar-refractivity contribution < 1.29 is 23.9 Å². The third-order valence-corrected chi connectivity index (χ3v) is 4.87. The molecule has 10 heteroatoms. The van der Waals surface area contributed by atoms with Gasteiger partial charge in [0, 0.05) is 12.2 Å². The summed E-state index contributed by atoms with van der Waals surface area (Å²) >= 11 is 6.21. The number of hydrazone groups is 1. The van der Waals surface area contributed by atoms with Gasteiger partial charge in [-0.25, -0.2) is 5.43 Å². The number of benzene rings is 3. The van der Waals surface area contributed by atoms with Gasteiger partial charge >= 0.3 is 11.8 Å². The van der Waals surface area contributed by atoms with Gasteiger partial charge in [-0.1, -0.05) is 41.9 Å². The van der Waals surface area contributed by atoms with Crippen LogP contribution in [0.1, 0.15) is 11.1 Å². The summed E-state index contributed by atoms with van der Waals surface area (Å²) in [6.07, 6.45) is 1.33. The number of carbonyl (C=O) groups excluding carboxylic acids is 3. The molecule has 180 valence electrons. The number of nitrogens with zero attached hydrogens (tertiary/aromatic N) is 1. The number of ether oxygens (including phenoxy) is 2. The zero-order valence-corrected chi connectivity index (χ0v) is 19.5. The van der Waals surface area contributed by atoms with Crippen molar-refractivity contribution in [3.8, 4) is 11.5 Å². The van der Waals surface area contributed by atoms with Gasteiger partial charge in [-0.3, -0.25) is 14.4 Å². The number of nitrogens with one attached hydrogen (secondary N) is 3. The van der Waals surface area contributed by atoms with Crippen LogP contribution in [0.2, 0.25) is 5.02 Å². The van der Waals surface area contributed by atoms with Crippen molar-refractivity contribution in [2.45, 2.75) is 6.54 Å². The highest BCUT2D eigenvalue weighted by Gasteiger charge is 2.12. The lowest BCUT2D eigenvalue weighted by Gasteiger charge is -2.09. The van der Waals surface area contributed by atoms with E-state index in [0.29, 0.717) is 22.7 Å². The molecule has 0 spiro atoms. The molecule has 3 N–H and O–H groups in total. The van der Waals surface area contributed by atoms with Crippen molar-refractivity contribution in [2.75, 3.05) is 19.0 Å². The van der Waals surface area contributed by atoms with Crippen molar-refractivity contribution in [1.29, 1.82) is 0 Å². The highest BCUT2D eigenvalue weighted by atomic mass is 35.5. The van der Waals surface area contributed by atoms with Gasteiger partial charge in [-0.05, 0) is 53.6 Å². The molecule has 3 rings (SSSR count). The van der Waals surface area contributed by atoms with Crippen LogP contribution in [0.3, 0.4) is 0 Å². The van der Waals surface area contributed by atoms with Gasteiger partial charge < -0.3 is 20.1 Å². The van der Waals surface area contributed by atoms with Crippen LogP contribution in [0, 0.1) is 0 Å². The Morgan fingerprint density at radius 3 is 2.40 bits per heavy atom. The van der Waals surface area contributed by atoms with Crippen LogP contribution < -0.4 is 25.5 Å². The van der Waals surface area contributed by atoms with E-state index in [0.717, 1.165) is 5.56 Å². The van der Waals surface area contributed by atoms with Crippen LogP contribution in [0.5, 0.6) is 11.5 Å². The van der Waals surface area contributed by atoms with Crippen molar-refractivity contribution in [2.24, 2.45) is 5.10 Å². The van der Waals surface area contributed by atoms with E-state index in [9.17, 15) is 14.4 Å². The molecule has 0 aromatic heterocycles. The molecule has 0 radical (unpaired) electrons. The van der Waals surface area contributed by atoms with E-state index in [1.165, 1.54) is 6.21 Å². The second-order valence-electron chi connectivity index (χ2n) is 7.12. The molecule has 0 unspecified atom stereocenters. The van der Waals surface area contributed by atoms with Crippen molar-refractivity contribution in [3.05, 3.63) is 88.9 Å². The van der Waals surface area contributed by atoms with Crippen LogP contribution in [-0.4, -0.2) is 37.7 Å². The number of rotatable bonds is 9. The van der Waals surface area contributed by atoms with Crippen LogP contribution in [0.4, 0.5) is 5.69 Å². The quantitative estimate of drug-likeness (QED) is 0.240. The van der Waals surface area contributed by atoms with Gasteiger partial charge in [0.2, 0.25) is 0 Å². The smallest absolute Gasteiger partial charge is 0.329 e. The van der Waals surface area contributed by atoms with E-state index in [-0.39, 0.29) is 24.1 Å². The molecule has 3 aromatic rings. The zero-order chi connectivity index (χ0) is 25.0. The Hall–Kier alpha value is -4.37. The lowest BCUT2D eigenvalue weighted by atomic mass is 10.2. The molecular weight excluding hydrogens is 472 g/mol. The number of halogens is 1. The van der Waals surface area contributed by atoms with Crippen LogP contribution in [-0.2, 0) is 20.9 Å². The molecule has 0 atom stereocenters. The second kappa shape index (κ2) is 12.8. The van der Waals surface area contributed by atoms with Gasteiger partial charge in [0.25, 0.3) is 5.91 Å². The van der Waals surface area contributed by atoms with E-state index in [4.69, 9.17) is 21.1 Å². The van der Waals surface area contributed by atoms with Crippen molar-refractivity contribution in [1.82, 2.24) is 10.7 Å². The van der Waals surface area contributed by atoms with Gasteiger partial charge in [-0.2, -0.15) is 5.10 Å². The highest BCUT2D eigenvalue weighted by molar-refractivity contribution is 6.35. The SMILES string of the molecule is COc1ccc(CNC(=O)C(=O)N/N=C\c2ccc(OCC(=O)Nc3ccccc3)c(Cl)c2)cc1. The Morgan fingerprint density at radius 2 is 1.71 bits per heavy atom. The van der Waals surface area contributed by atoms with E-state index in [1.807, 2.05) is 18.2 Å². The Labute approximate surface area is 207 Å². The van der Waals surface area contributed by atoms with Gasteiger partial charge in [0.15, 0.2) is 6.61 Å². The molecule has 0 aliphatic carbocycles. The van der Waals surface area contributed by atoms with Crippen LogP contribution in [0.25, 0.3) is 0 Å². The molecule has 0 aliphatic heterocycles. The topological polar surface area (TPSA) is 118 Å². The Kier molecular flexibility index (Phi) is 9.21. The molecular formula is C25H23ClN4O5. The normalized spacial score (nSPS) is 10.5. The number of anilines is 1. The fraction of sp³-hybridized carbons (Fsp3) is 0.120. The number of methoxy groups -OCH3 is 1. The molecule has 3 aromatic carbocycles. The van der Waals surface area contributed by atoms with E-state index in [1.54, 1.807) is 61.7 Å². The lowest BCUT2D eigenvalue weighted by Crippen LogP contribution is -2.37. The summed E-state index contributed by atoms with van der Waals surface area (Å²) in [4.78, 5) is 35.8. The second-order valence-corrected chi connectivity index (χ2v) is 7.53. The van der Waals surface area contributed by atoms with Crippen LogP contribution >= 0.6 is 11.6 Å². The molecule has 0 fully saturated rings. The summed E-state index contributed by atoms with van der Waals surface area (Å²) in [7, 11) is 1.56. The van der Waals surface area contributed by atoms with E-state index in [2.05, 4.69) is 21.2 Å². The largest absolute Gasteiger partial charge is 0.497 e. The monoisotopic (exact) mass is 494 g/mol. The number of hydrogen-bond donors (Lipinski definition) is 3. The summed E-state index contributed by atoms with van der Waals surface area (Å²) in [5.74, 6) is -1.06. The number of para-hydroxylation sites is 1. The minimum atomic E-state index is -0.912. The van der Waals surface area contributed by atoms with Gasteiger partial charge in [0.1, 0.15) is 11.5 Å². The summed E-state index contributed by atoms with van der Waals surface area (Å²) in [5, 5.41) is 9.23. The first kappa shape index (κ1) is 25.3. The molecule has 3 amide bonds. The maximum atomic E-state index is 12.0. The molecule has 0 saturated carbocycles.